The molecule has 0 N–H and O–H groups in total. The van der Waals surface area contributed by atoms with Gasteiger partial charge in [-0.2, -0.15) is 0 Å². The summed E-state index contributed by atoms with van der Waals surface area (Å²) in [5.74, 6) is 3.48. The molecule has 0 atom stereocenters. The molecule has 8 aromatic carbocycles. The van der Waals surface area contributed by atoms with Crippen molar-refractivity contribution < 1.29 is 9.15 Å². The Bertz CT molecular complexity index is 2690. The van der Waals surface area contributed by atoms with E-state index in [4.69, 9.17) is 9.15 Å². The Labute approximate surface area is 288 Å². The smallest absolute Gasteiger partial charge is 0.141 e. The number of hydrogen-bond acceptors (Lipinski definition) is 3. The maximum atomic E-state index is 6.44. The highest BCUT2D eigenvalue weighted by molar-refractivity contribution is 7.99. The van der Waals surface area contributed by atoms with E-state index in [0.717, 1.165) is 55.1 Å². The second-order valence-electron chi connectivity index (χ2n) is 12.5. The third-order valence-electron chi connectivity index (χ3n) is 9.57. The summed E-state index contributed by atoms with van der Waals surface area (Å²) in [5, 5.41) is 7.62. The van der Waals surface area contributed by atoms with Gasteiger partial charge in [-0.15, -0.1) is 0 Å². The number of fused-ring (bicyclic) bond motifs is 8. The van der Waals surface area contributed by atoms with Crippen LogP contribution < -0.4 is 4.74 Å². The van der Waals surface area contributed by atoms with E-state index in [-0.39, 0.29) is 0 Å². The van der Waals surface area contributed by atoms with Crippen LogP contribution in [0.3, 0.4) is 0 Å². The van der Waals surface area contributed by atoms with Gasteiger partial charge in [-0.3, -0.25) is 0 Å². The van der Waals surface area contributed by atoms with Crippen LogP contribution in [0.2, 0.25) is 0 Å². The summed E-state index contributed by atoms with van der Waals surface area (Å²) in [7, 11) is 0. The van der Waals surface area contributed by atoms with Crippen molar-refractivity contribution in [2.75, 3.05) is 0 Å². The normalized spacial score (nSPS) is 12.2. The van der Waals surface area contributed by atoms with Crippen LogP contribution >= 0.6 is 11.8 Å². The number of hydrogen-bond donors (Lipinski definition) is 0. The van der Waals surface area contributed by atoms with Gasteiger partial charge in [0.05, 0.1) is 9.79 Å². The second-order valence-corrected chi connectivity index (χ2v) is 13.5. The molecule has 9 aromatic rings. The van der Waals surface area contributed by atoms with Crippen LogP contribution in [-0.2, 0) is 0 Å². The third kappa shape index (κ3) is 4.74. The van der Waals surface area contributed by atoms with Crippen LogP contribution in [0, 0.1) is 0 Å². The summed E-state index contributed by atoms with van der Waals surface area (Å²) in [6.07, 6.45) is 0. The van der Waals surface area contributed by atoms with Crippen molar-refractivity contribution in [1.82, 2.24) is 0 Å². The Morgan fingerprint density at radius 3 is 1.67 bits per heavy atom. The lowest BCUT2D eigenvalue weighted by Gasteiger charge is -2.21. The quantitative estimate of drug-likeness (QED) is 0.178. The molecule has 0 spiro atoms. The highest BCUT2D eigenvalue weighted by Crippen LogP contribution is 2.49. The molecule has 10 rings (SSSR count). The Morgan fingerprint density at radius 2 is 0.898 bits per heavy atom. The van der Waals surface area contributed by atoms with Crippen molar-refractivity contribution >= 4 is 44.1 Å². The first-order valence-corrected chi connectivity index (χ1v) is 17.3. The largest absolute Gasteiger partial charge is 0.456 e. The fourth-order valence-electron chi connectivity index (χ4n) is 7.21. The van der Waals surface area contributed by atoms with Crippen molar-refractivity contribution in [1.29, 1.82) is 0 Å². The third-order valence-corrected chi connectivity index (χ3v) is 10.7. The zero-order valence-electron chi connectivity index (χ0n) is 26.4. The number of furan rings is 1. The maximum absolute atomic E-state index is 6.44. The molecule has 49 heavy (non-hydrogen) atoms. The van der Waals surface area contributed by atoms with Crippen LogP contribution in [0.1, 0.15) is 0 Å². The van der Waals surface area contributed by atoms with Gasteiger partial charge < -0.3 is 9.15 Å². The van der Waals surface area contributed by atoms with E-state index < -0.39 is 0 Å². The zero-order valence-corrected chi connectivity index (χ0v) is 27.2. The average molecular weight is 645 g/mol. The highest BCUT2D eigenvalue weighted by atomic mass is 32.2. The van der Waals surface area contributed by atoms with Crippen molar-refractivity contribution in [3.8, 4) is 56.4 Å². The van der Waals surface area contributed by atoms with E-state index in [0.29, 0.717) is 0 Å². The molecule has 0 saturated carbocycles. The zero-order chi connectivity index (χ0) is 32.3. The van der Waals surface area contributed by atoms with Crippen LogP contribution in [0.15, 0.2) is 184 Å². The number of benzene rings is 8. The first-order chi connectivity index (χ1) is 24.3. The van der Waals surface area contributed by atoms with Gasteiger partial charge in [0.1, 0.15) is 23.0 Å². The molecule has 230 valence electrons. The van der Waals surface area contributed by atoms with Gasteiger partial charge in [-0.05, 0) is 103 Å². The SMILES string of the molecule is c1ccc(-c2ccc(-c3ccc(-c4ccc5c6ccccc6c6ccccc6c5c4)c(-c4ccc5c(c4)Sc4ccccc4O5)c3)o2)cc1. The fourth-order valence-corrected chi connectivity index (χ4v) is 8.20. The minimum absolute atomic E-state index is 0.840. The van der Waals surface area contributed by atoms with Crippen molar-refractivity contribution in [2.45, 2.75) is 9.79 Å². The summed E-state index contributed by atoms with van der Waals surface area (Å²) < 4.78 is 12.8. The number of rotatable bonds is 4. The van der Waals surface area contributed by atoms with Gasteiger partial charge in [0.2, 0.25) is 0 Å². The van der Waals surface area contributed by atoms with Crippen LogP contribution in [0.25, 0.3) is 77.2 Å². The van der Waals surface area contributed by atoms with E-state index in [9.17, 15) is 0 Å². The minimum atomic E-state index is 0.840. The Hall–Kier alpha value is -6.03. The summed E-state index contributed by atoms with van der Waals surface area (Å²) >= 11 is 1.76. The van der Waals surface area contributed by atoms with E-state index in [2.05, 4.69) is 140 Å². The van der Waals surface area contributed by atoms with Gasteiger partial charge in [-0.1, -0.05) is 133 Å². The lowest BCUT2D eigenvalue weighted by Crippen LogP contribution is -1.95. The predicted octanol–water partition coefficient (Wildman–Crippen LogP) is 13.7. The summed E-state index contributed by atoms with van der Waals surface area (Å²) in [6.45, 7) is 0. The molecule has 0 amide bonds. The van der Waals surface area contributed by atoms with E-state index in [1.165, 1.54) is 43.4 Å². The van der Waals surface area contributed by atoms with Crippen molar-refractivity contribution in [2.24, 2.45) is 0 Å². The van der Waals surface area contributed by atoms with Gasteiger partial charge in [0.15, 0.2) is 0 Å². The molecule has 2 heterocycles. The summed E-state index contributed by atoms with van der Waals surface area (Å²) in [5.41, 5.74) is 6.70. The Morgan fingerprint density at radius 1 is 0.327 bits per heavy atom. The first kappa shape index (κ1) is 28.0. The number of ether oxygens (including phenoxy) is 1. The predicted molar refractivity (Wildman–Crippen MR) is 204 cm³/mol. The molecule has 1 aromatic heterocycles. The molecular weight excluding hydrogens is 617 g/mol. The lowest BCUT2D eigenvalue weighted by molar-refractivity contribution is 0.454. The molecular formula is C46H28O2S. The second kappa shape index (κ2) is 11.3. The molecule has 1 aliphatic heterocycles. The topological polar surface area (TPSA) is 22.4 Å². The molecule has 0 saturated heterocycles. The van der Waals surface area contributed by atoms with Crippen molar-refractivity contribution in [3.05, 3.63) is 170 Å². The summed E-state index contributed by atoms with van der Waals surface area (Å²) in [4.78, 5) is 2.23. The maximum Gasteiger partial charge on any atom is 0.141 e. The highest BCUT2D eigenvalue weighted by Gasteiger charge is 2.20. The monoisotopic (exact) mass is 644 g/mol. The Balaban J connectivity index is 1.16. The average Bonchev–Trinajstić information content (AvgIpc) is 3.68. The molecule has 1 aliphatic rings. The van der Waals surface area contributed by atoms with Crippen LogP contribution in [0.5, 0.6) is 11.5 Å². The molecule has 0 fully saturated rings. The fraction of sp³-hybridized carbons (Fsp3) is 0. The number of para-hydroxylation sites is 1. The molecule has 0 unspecified atom stereocenters. The van der Waals surface area contributed by atoms with Gasteiger partial charge in [0.25, 0.3) is 0 Å². The van der Waals surface area contributed by atoms with E-state index in [1.807, 2.05) is 30.3 Å². The van der Waals surface area contributed by atoms with Crippen LogP contribution in [0.4, 0.5) is 0 Å². The standard InChI is InChI=1S/C46H28O2S/c1-2-10-29(11-3-1)41-24-25-42(47-41)32-19-21-33(39(27-32)31-20-23-44-46(28-31)49-45-17-9-8-16-43(45)48-44)30-18-22-38-36-14-5-4-12-34(36)35-13-6-7-15-37(35)40(38)26-30/h1-28H. The van der Waals surface area contributed by atoms with Crippen molar-refractivity contribution in [3.63, 3.8) is 0 Å². The van der Waals surface area contributed by atoms with Gasteiger partial charge in [0, 0.05) is 11.1 Å². The Kier molecular flexibility index (Phi) is 6.46. The summed E-state index contributed by atoms with van der Waals surface area (Å²) in [6, 6.07) is 60.3. The molecule has 0 aliphatic carbocycles. The van der Waals surface area contributed by atoms with Crippen LogP contribution in [-0.4, -0.2) is 0 Å². The van der Waals surface area contributed by atoms with Gasteiger partial charge in [-0.25, -0.2) is 0 Å². The molecule has 3 heteroatoms. The first-order valence-electron chi connectivity index (χ1n) is 16.5. The van der Waals surface area contributed by atoms with E-state index in [1.54, 1.807) is 11.8 Å². The molecule has 0 radical (unpaired) electrons. The molecule has 0 bridgehead atoms. The minimum Gasteiger partial charge on any atom is -0.456 e. The lowest BCUT2D eigenvalue weighted by atomic mass is 9.89. The van der Waals surface area contributed by atoms with E-state index >= 15 is 0 Å². The van der Waals surface area contributed by atoms with Gasteiger partial charge >= 0.3 is 0 Å². The molecule has 2 nitrogen and oxygen atoms in total.